The molecule has 0 aromatic heterocycles. The molecule has 0 spiro atoms. The highest BCUT2D eigenvalue weighted by atomic mass is 19.1. The van der Waals surface area contributed by atoms with Crippen LogP contribution in [0.25, 0.3) is 0 Å². The third-order valence-corrected chi connectivity index (χ3v) is 7.44. The summed E-state index contributed by atoms with van der Waals surface area (Å²) >= 11 is 0. The molecule has 1 saturated heterocycles. The predicted octanol–water partition coefficient (Wildman–Crippen LogP) is 4.79. The van der Waals surface area contributed by atoms with Crippen molar-refractivity contribution in [1.29, 1.82) is 0 Å². The Morgan fingerprint density at radius 2 is 1.40 bits per heavy atom. The van der Waals surface area contributed by atoms with Gasteiger partial charge in [-0.1, -0.05) is 55.5 Å². The fourth-order valence-electron chi connectivity index (χ4n) is 6.37. The van der Waals surface area contributed by atoms with E-state index in [1.54, 1.807) is 0 Å². The molecule has 1 heterocycles. The summed E-state index contributed by atoms with van der Waals surface area (Å²) in [5.74, 6) is -1.77. The number of anilines is 1. The van der Waals surface area contributed by atoms with Crippen molar-refractivity contribution in [3.05, 3.63) is 101 Å². The van der Waals surface area contributed by atoms with Crippen molar-refractivity contribution < 1.29 is 14.0 Å². The first-order chi connectivity index (χ1) is 14.6. The van der Waals surface area contributed by atoms with Gasteiger partial charge in [-0.2, -0.15) is 0 Å². The monoisotopic (exact) mass is 397 g/mol. The van der Waals surface area contributed by atoms with Gasteiger partial charge in [-0.25, -0.2) is 9.29 Å². The summed E-state index contributed by atoms with van der Waals surface area (Å²) in [4.78, 5) is 28.8. The zero-order valence-electron chi connectivity index (χ0n) is 16.5. The van der Waals surface area contributed by atoms with E-state index < -0.39 is 17.3 Å². The summed E-state index contributed by atoms with van der Waals surface area (Å²) in [6.45, 7) is 2.11. The van der Waals surface area contributed by atoms with E-state index >= 15 is 0 Å². The molecule has 3 aromatic rings. The molecular weight excluding hydrogens is 377 g/mol. The van der Waals surface area contributed by atoms with E-state index in [1.165, 1.54) is 40.3 Å². The lowest BCUT2D eigenvalue weighted by atomic mass is 9.46. The maximum absolute atomic E-state index is 13.8. The quantitative estimate of drug-likeness (QED) is 0.583. The Labute approximate surface area is 174 Å². The van der Waals surface area contributed by atoms with Crippen LogP contribution in [0.15, 0.2) is 72.8 Å². The smallest absolute Gasteiger partial charge is 0.238 e. The predicted molar refractivity (Wildman–Crippen MR) is 112 cm³/mol. The summed E-state index contributed by atoms with van der Waals surface area (Å²) in [5, 5.41) is 0. The molecule has 0 saturated carbocycles. The molecule has 2 amide bonds. The number of halogens is 1. The Morgan fingerprint density at radius 1 is 0.833 bits per heavy atom. The molecule has 1 fully saturated rings. The van der Waals surface area contributed by atoms with Crippen LogP contribution >= 0.6 is 0 Å². The van der Waals surface area contributed by atoms with E-state index in [0.29, 0.717) is 5.69 Å². The van der Waals surface area contributed by atoms with E-state index in [-0.39, 0.29) is 23.5 Å². The summed E-state index contributed by atoms with van der Waals surface area (Å²) < 4.78 is 13.5. The SMILES string of the molecule is CCC12c3ccccc3C(c3ccccc31)[C@H]1C(=O)N(c3ccc(F)cc3)C(=O)[C@@H]12. The fourth-order valence-corrected chi connectivity index (χ4v) is 6.37. The average molecular weight is 397 g/mol. The highest BCUT2D eigenvalue weighted by molar-refractivity contribution is 6.23. The number of benzene rings is 3. The molecule has 3 aliphatic carbocycles. The Morgan fingerprint density at radius 3 is 1.97 bits per heavy atom. The number of carbonyl (C=O) groups is 2. The van der Waals surface area contributed by atoms with Gasteiger partial charge in [0.15, 0.2) is 0 Å². The van der Waals surface area contributed by atoms with Gasteiger partial charge in [0, 0.05) is 11.3 Å². The van der Waals surface area contributed by atoms with Gasteiger partial charge in [0.2, 0.25) is 11.8 Å². The second-order valence-corrected chi connectivity index (χ2v) is 8.47. The molecule has 3 aromatic carbocycles. The molecule has 2 atom stereocenters. The number of amides is 2. The molecule has 148 valence electrons. The fraction of sp³-hybridized carbons (Fsp3) is 0.231. The van der Waals surface area contributed by atoms with Gasteiger partial charge in [0.05, 0.1) is 17.5 Å². The molecule has 4 heteroatoms. The summed E-state index contributed by atoms with van der Waals surface area (Å²) in [6, 6.07) is 22.2. The van der Waals surface area contributed by atoms with Crippen LogP contribution in [0.2, 0.25) is 0 Å². The number of imide groups is 1. The molecule has 30 heavy (non-hydrogen) atoms. The highest BCUT2D eigenvalue weighted by Gasteiger charge is 2.67. The first-order valence-electron chi connectivity index (χ1n) is 10.4. The van der Waals surface area contributed by atoms with Crippen molar-refractivity contribution in [1.82, 2.24) is 0 Å². The van der Waals surface area contributed by atoms with Crippen molar-refractivity contribution in [2.45, 2.75) is 24.7 Å². The second kappa shape index (κ2) is 5.88. The maximum Gasteiger partial charge on any atom is 0.238 e. The van der Waals surface area contributed by atoms with E-state index in [2.05, 4.69) is 31.2 Å². The van der Waals surface area contributed by atoms with Crippen LogP contribution in [0.3, 0.4) is 0 Å². The molecule has 4 aliphatic rings. The van der Waals surface area contributed by atoms with Crippen molar-refractivity contribution in [3.8, 4) is 0 Å². The van der Waals surface area contributed by atoms with E-state index in [4.69, 9.17) is 0 Å². The number of hydrogen-bond acceptors (Lipinski definition) is 2. The van der Waals surface area contributed by atoms with Crippen molar-refractivity contribution >= 4 is 17.5 Å². The molecule has 0 radical (unpaired) electrons. The Kier molecular flexibility index (Phi) is 3.45. The van der Waals surface area contributed by atoms with E-state index in [9.17, 15) is 14.0 Å². The summed E-state index contributed by atoms with van der Waals surface area (Å²) in [7, 11) is 0. The minimum atomic E-state index is -0.534. The minimum Gasteiger partial charge on any atom is -0.274 e. The van der Waals surface area contributed by atoms with Crippen LogP contribution in [0.1, 0.15) is 41.5 Å². The Bertz CT molecular complexity index is 1170. The standard InChI is InChI=1S/C26H20FNO2/c1-2-26-19-9-5-3-7-17(19)21(18-8-4-6-10-20(18)26)22-23(26)25(30)28(24(22)29)16-13-11-15(27)12-14-16/h3-14,21-23H,2H2,1H3/t21?,22-,23-,26?/m1/s1. The lowest BCUT2D eigenvalue weighted by molar-refractivity contribution is -0.123. The molecule has 0 unspecified atom stereocenters. The molecule has 7 rings (SSSR count). The van der Waals surface area contributed by atoms with Crippen LogP contribution < -0.4 is 4.90 Å². The van der Waals surface area contributed by atoms with Gasteiger partial charge in [-0.05, 0) is 52.9 Å². The van der Waals surface area contributed by atoms with Crippen LogP contribution in [0.4, 0.5) is 10.1 Å². The molecule has 2 bridgehead atoms. The average Bonchev–Trinajstić information content (AvgIpc) is 3.05. The lowest BCUT2D eigenvalue weighted by Crippen LogP contribution is -2.53. The van der Waals surface area contributed by atoms with Crippen LogP contribution in [0.5, 0.6) is 0 Å². The first-order valence-corrected chi connectivity index (χ1v) is 10.4. The number of hydrogen-bond donors (Lipinski definition) is 0. The number of nitrogens with zero attached hydrogens (tertiary/aromatic N) is 1. The zero-order chi connectivity index (χ0) is 20.6. The minimum absolute atomic E-state index is 0.141. The van der Waals surface area contributed by atoms with Crippen molar-refractivity contribution in [2.24, 2.45) is 11.8 Å². The largest absolute Gasteiger partial charge is 0.274 e. The highest BCUT2D eigenvalue weighted by Crippen LogP contribution is 2.65. The Balaban J connectivity index is 1.63. The summed E-state index contributed by atoms with van der Waals surface area (Å²) in [5.41, 5.74) is 4.55. The van der Waals surface area contributed by atoms with Crippen molar-refractivity contribution in [3.63, 3.8) is 0 Å². The van der Waals surface area contributed by atoms with Gasteiger partial charge in [0.25, 0.3) is 0 Å². The lowest BCUT2D eigenvalue weighted by Gasteiger charge is -2.54. The molecule has 0 N–H and O–H groups in total. The normalized spacial score (nSPS) is 28.3. The van der Waals surface area contributed by atoms with Gasteiger partial charge in [-0.15, -0.1) is 0 Å². The van der Waals surface area contributed by atoms with Gasteiger partial charge < -0.3 is 0 Å². The van der Waals surface area contributed by atoms with E-state index in [1.807, 2.05) is 24.3 Å². The molecule has 1 aliphatic heterocycles. The Hall–Kier alpha value is -3.27. The van der Waals surface area contributed by atoms with E-state index in [0.717, 1.165) is 17.5 Å². The van der Waals surface area contributed by atoms with Crippen LogP contribution in [-0.4, -0.2) is 11.8 Å². The third kappa shape index (κ3) is 1.89. The topological polar surface area (TPSA) is 37.4 Å². The first kappa shape index (κ1) is 17.6. The summed E-state index contributed by atoms with van der Waals surface area (Å²) in [6.07, 6.45) is 0.727. The number of carbonyl (C=O) groups excluding carboxylic acids is 2. The maximum atomic E-state index is 13.8. The second-order valence-electron chi connectivity index (χ2n) is 8.47. The molecule has 3 nitrogen and oxygen atoms in total. The molecular formula is C26H20FNO2. The third-order valence-electron chi connectivity index (χ3n) is 7.44. The van der Waals surface area contributed by atoms with Crippen LogP contribution in [-0.2, 0) is 15.0 Å². The van der Waals surface area contributed by atoms with Gasteiger partial charge >= 0.3 is 0 Å². The number of rotatable bonds is 2. The van der Waals surface area contributed by atoms with Gasteiger partial charge in [-0.3, -0.25) is 9.59 Å². The van der Waals surface area contributed by atoms with Crippen molar-refractivity contribution in [2.75, 3.05) is 4.90 Å². The zero-order valence-corrected chi connectivity index (χ0v) is 16.5. The van der Waals surface area contributed by atoms with Crippen LogP contribution in [0, 0.1) is 17.7 Å². The van der Waals surface area contributed by atoms with Gasteiger partial charge in [0.1, 0.15) is 5.82 Å².